The molecule has 0 bridgehead atoms. The van der Waals surface area contributed by atoms with E-state index in [9.17, 15) is 4.79 Å². The number of carbonyl (C=O) groups is 1. The third kappa shape index (κ3) is 6.12. The molecule has 174 valence electrons. The molecule has 1 aliphatic rings. The van der Waals surface area contributed by atoms with Gasteiger partial charge in [-0.05, 0) is 106 Å². The number of hydrogen-bond donors (Lipinski definition) is 2. The summed E-state index contributed by atoms with van der Waals surface area (Å²) >= 11 is 6.01. The number of carbonyl (C=O) groups excluding carboxylic acids is 1. The summed E-state index contributed by atoms with van der Waals surface area (Å²) in [5, 5.41) is 13.1. The molecule has 5 heteroatoms. The molecule has 0 heterocycles. The summed E-state index contributed by atoms with van der Waals surface area (Å²) in [5.74, 6) is 0.630. The van der Waals surface area contributed by atoms with E-state index in [1.165, 1.54) is 16.7 Å². The Labute approximate surface area is 198 Å². The van der Waals surface area contributed by atoms with Gasteiger partial charge in [0.2, 0.25) is 0 Å². The third-order valence-corrected chi connectivity index (χ3v) is 6.86. The quantitative estimate of drug-likeness (QED) is 0.519. The van der Waals surface area contributed by atoms with E-state index in [-0.39, 0.29) is 24.6 Å². The Morgan fingerprint density at radius 1 is 1.12 bits per heavy atom. The lowest BCUT2D eigenvalue weighted by Crippen LogP contribution is -2.46. The van der Waals surface area contributed by atoms with Crippen LogP contribution >= 0.6 is 11.6 Å². The van der Waals surface area contributed by atoms with E-state index in [0.29, 0.717) is 16.5 Å². The molecule has 1 aliphatic carbocycles. The minimum atomic E-state index is 0.101. The van der Waals surface area contributed by atoms with Crippen LogP contribution in [0.3, 0.4) is 0 Å². The van der Waals surface area contributed by atoms with E-state index in [2.05, 4.69) is 42.3 Å². The molecular formula is C27H37ClN2O2. The van der Waals surface area contributed by atoms with Crippen molar-refractivity contribution in [3.8, 4) is 0 Å². The molecule has 1 fully saturated rings. The number of aryl methyl sites for hydroxylation is 1. The Morgan fingerprint density at radius 2 is 1.81 bits per heavy atom. The predicted molar refractivity (Wildman–Crippen MR) is 132 cm³/mol. The summed E-state index contributed by atoms with van der Waals surface area (Å²) in [4.78, 5) is 15.3. The van der Waals surface area contributed by atoms with Crippen molar-refractivity contribution in [1.29, 1.82) is 0 Å². The fourth-order valence-electron chi connectivity index (χ4n) is 5.07. The number of rotatable bonds is 9. The Kier molecular flexibility index (Phi) is 9.15. The zero-order chi connectivity index (χ0) is 23.1. The molecule has 0 atom stereocenters. The van der Waals surface area contributed by atoms with Gasteiger partial charge in [-0.25, -0.2) is 0 Å². The van der Waals surface area contributed by atoms with Crippen molar-refractivity contribution >= 4 is 17.5 Å². The average molecular weight is 457 g/mol. The van der Waals surface area contributed by atoms with Gasteiger partial charge in [0.1, 0.15) is 0 Å². The summed E-state index contributed by atoms with van der Waals surface area (Å²) in [7, 11) is 1.99. The van der Waals surface area contributed by atoms with Crippen molar-refractivity contribution in [3.63, 3.8) is 0 Å². The number of nitrogens with one attached hydrogen (secondary N) is 1. The largest absolute Gasteiger partial charge is 0.396 e. The molecule has 2 aromatic rings. The van der Waals surface area contributed by atoms with Gasteiger partial charge in [-0.3, -0.25) is 4.79 Å². The Balaban J connectivity index is 1.71. The van der Waals surface area contributed by atoms with Crippen molar-refractivity contribution in [3.05, 3.63) is 69.7 Å². The van der Waals surface area contributed by atoms with Crippen LogP contribution in [0.4, 0.5) is 0 Å². The van der Waals surface area contributed by atoms with Crippen LogP contribution in [0.25, 0.3) is 0 Å². The van der Waals surface area contributed by atoms with E-state index < -0.39 is 0 Å². The zero-order valence-corrected chi connectivity index (χ0v) is 20.4. The lowest BCUT2D eigenvalue weighted by Gasteiger charge is -2.40. The molecule has 0 spiro atoms. The second-order valence-electron chi connectivity index (χ2n) is 9.21. The maximum atomic E-state index is 13.3. The highest BCUT2D eigenvalue weighted by atomic mass is 35.5. The maximum Gasteiger partial charge on any atom is 0.254 e. The lowest BCUT2D eigenvalue weighted by atomic mass is 9.78. The van der Waals surface area contributed by atoms with E-state index in [1.807, 2.05) is 19.2 Å². The van der Waals surface area contributed by atoms with E-state index in [0.717, 1.165) is 45.1 Å². The smallest absolute Gasteiger partial charge is 0.254 e. The molecule has 0 unspecified atom stereocenters. The van der Waals surface area contributed by atoms with Crippen molar-refractivity contribution in [1.82, 2.24) is 10.2 Å². The first-order valence-corrected chi connectivity index (χ1v) is 12.3. The first-order chi connectivity index (χ1) is 15.4. The molecule has 0 aliphatic heterocycles. The number of hydrogen-bond acceptors (Lipinski definition) is 3. The monoisotopic (exact) mass is 456 g/mol. The first-order valence-electron chi connectivity index (χ1n) is 11.9. The van der Waals surface area contributed by atoms with Gasteiger partial charge in [0.05, 0.1) is 0 Å². The van der Waals surface area contributed by atoms with Crippen LogP contribution < -0.4 is 5.32 Å². The van der Waals surface area contributed by atoms with Gasteiger partial charge >= 0.3 is 0 Å². The average Bonchev–Trinajstić information content (AvgIpc) is 2.79. The van der Waals surface area contributed by atoms with Crippen LogP contribution in [0.5, 0.6) is 0 Å². The second kappa shape index (κ2) is 11.8. The number of halogens is 1. The second-order valence-corrected chi connectivity index (χ2v) is 9.65. The summed E-state index contributed by atoms with van der Waals surface area (Å²) in [5.41, 5.74) is 4.80. The highest BCUT2D eigenvalue weighted by Gasteiger charge is 2.32. The zero-order valence-electron chi connectivity index (χ0n) is 19.6. The van der Waals surface area contributed by atoms with Crippen molar-refractivity contribution in [2.45, 2.75) is 76.9 Å². The van der Waals surface area contributed by atoms with Crippen LogP contribution in [0.1, 0.15) is 78.9 Å². The molecule has 1 saturated carbocycles. The molecular weight excluding hydrogens is 420 g/mol. The van der Waals surface area contributed by atoms with Crippen LogP contribution in [-0.2, 0) is 13.0 Å². The highest BCUT2D eigenvalue weighted by molar-refractivity contribution is 6.30. The molecule has 0 radical (unpaired) electrons. The number of aliphatic hydroxyl groups excluding tert-OH is 1. The van der Waals surface area contributed by atoms with Gasteiger partial charge in [-0.15, -0.1) is 0 Å². The molecule has 32 heavy (non-hydrogen) atoms. The standard InChI is InChI=1S/C27H37ClN2O2/c1-19(2)30(27(32)22-7-11-24(28)12-8-22)25-13-9-21(10-14-25)26-15-6-20(5-4-16-31)17-23(26)18-29-3/h6-8,11-12,15,17,19,21,25,29,31H,4-5,9-10,13-14,16,18H2,1-3H3/t21-,25-. The topological polar surface area (TPSA) is 52.6 Å². The predicted octanol–water partition coefficient (Wildman–Crippen LogP) is 5.56. The van der Waals surface area contributed by atoms with Crippen molar-refractivity contribution in [2.75, 3.05) is 13.7 Å². The van der Waals surface area contributed by atoms with E-state index in [1.54, 1.807) is 12.1 Å². The SMILES string of the molecule is CNCc1cc(CCCO)ccc1[C@H]1CC[C@H](N(C(=O)c2ccc(Cl)cc2)C(C)C)CC1. The van der Waals surface area contributed by atoms with E-state index in [4.69, 9.17) is 16.7 Å². The van der Waals surface area contributed by atoms with Gasteiger partial charge < -0.3 is 15.3 Å². The molecule has 2 N–H and O–H groups in total. The van der Waals surface area contributed by atoms with Gasteiger partial charge in [0.15, 0.2) is 0 Å². The van der Waals surface area contributed by atoms with Gasteiger partial charge in [0.25, 0.3) is 5.91 Å². The minimum Gasteiger partial charge on any atom is -0.396 e. The van der Waals surface area contributed by atoms with Crippen LogP contribution in [0.2, 0.25) is 5.02 Å². The number of nitrogens with zero attached hydrogens (tertiary/aromatic N) is 1. The van der Waals surface area contributed by atoms with Gasteiger partial charge in [-0.1, -0.05) is 29.8 Å². The fraction of sp³-hybridized carbons (Fsp3) is 0.519. The van der Waals surface area contributed by atoms with Crippen LogP contribution in [0, 0.1) is 0 Å². The number of benzene rings is 2. The van der Waals surface area contributed by atoms with Crippen molar-refractivity contribution in [2.24, 2.45) is 0 Å². The third-order valence-electron chi connectivity index (χ3n) is 6.61. The summed E-state index contributed by atoms with van der Waals surface area (Å²) in [6, 6.07) is 14.5. The molecule has 3 rings (SSSR count). The van der Waals surface area contributed by atoms with Gasteiger partial charge in [0, 0.05) is 35.8 Å². The fourth-order valence-corrected chi connectivity index (χ4v) is 5.19. The van der Waals surface area contributed by atoms with E-state index >= 15 is 0 Å². The van der Waals surface area contributed by atoms with Gasteiger partial charge in [-0.2, -0.15) is 0 Å². The minimum absolute atomic E-state index is 0.101. The normalized spacial score (nSPS) is 18.7. The highest BCUT2D eigenvalue weighted by Crippen LogP contribution is 2.37. The molecule has 2 aromatic carbocycles. The molecule has 4 nitrogen and oxygen atoms in total. The first kappa shape index (κ1) is 24.8. The lowest BCUT2D eigenvalue weighted by molar-refractivity contribution is 0.0545. The molecule has 0 aromatic heterocycles. The Bertz CT molecular complexity index is 874. The Hall–Kier alpha value is -1.88. The molecule has 0 saturated heterocycles. The van der Waals surface area contributed by atoms with Crippen molar-refractivity contribution < 1.29 is 9.90 Å². The Morgan fingerprint density at radius 3 is 2.41 bits per heavy atom. The molecule has 1 amide bonds. The van der Waals surface area contributed by atoms with Crippen LogP contribution in [-0.4, -0.2) is 41.7 Å². The maximum absolute atomic E-state index is 13.3. The summed E-state index contributed by atoms with van der Waals surface area (Å²) < 4.78 is 0. The van der Waals surface area contributed by atoms with Crippen LogP contribution in [0.15, 0.2) is 42.5 Å². The number of aliphatic hydroxyl groups is 1. The summed E-state index contributed by atoms with van der Waals surface area (Å²) in [6.45, 7) is 5.30. The summed E-state index contributed by atoms with van der Waals surface area (Å²) in [6.07, 6.45) is 5.94. The number of amides is 1.